The van der Waals surface area contributed by atoms with Crippen LogP contribution in [0.4, 0.5) is 0 Å². The summed E-state index contributed by atoms with van der Waals surface area (Å²) in [5.74, 6) is -1.34. The van der Waals surface area contributed by atoms with Crippen molar-refractivity contribution in [1.29, 1.82) is 0 Å². The van der Waals surface area contributed by atoms with Crippen molar-refractivity contribution in [3.63, 3.8) is 0 Å². The van der Waals surface area contributed by atoms with E-state index in [-0.39, 0.29) is 35.9 Å². The number of allylic oxidation sites excluding steroid dienone is 1. The predicted octanol–water partition coefficient (Wildman–Crippen LogP) is 1.65. The Morgan fingerprint density at radius 3 is 2.15 bits per heavy atom. The number of fused-ring (bicyclic) bond motifs is 7. The summed E-state index contributed by atoms with van der Waals surface area (Å²) < 4.78 is 11.4. The van der Waals surface area contributed by atoms with Gasteiger partial charge < -0.3 is 50.3 Å². The van der Waals surface area contributed by atoms with Crippen molar-refractivity contribution in [2.75, 3.05) is 19.8 Å². The van der Waals surface area contributed by atoms with Crippen molar-refractivity contribution in [1.82, 2.24) is 0 Å². The number of carbonyl (C=O) groups excluding carboxylic acids is 1. The third-order valence-electron chi connectivity index (χ3n) is 15.9. The zero-order valence-corrected chi connectivity index (χ0v) is 29.5. The Balaban J connectivity index is 1.39. The number of hydrogen-bond acceptors (Lipinski definition) is 11. The Morgan fingerprint density at radius 1 is 0.854 bits per heavy atom. The van der Waals surface area contributed by atoms with Crippen LogP contribution in [0.5, 0.6) is 0 Å². The van der Waals surface area contributed by atoms with Crippen LogP contribution in [-0.2, 0) is 14.3 Å². The molecule has 0 amide bonds. The fourth-order valence-electron chi connectivity index (χ4n) is 12.6. The van der Waals surface area contributed by atoms with E-state index in [0.717, 1.165) is 18.4 Å². The Bertz CT molecular complexity index is 1290. The average molecular weight is 681 g/mol. The molecule has 1 heterocycles. The van der Waals surface area contributed by atoms with Crippen LogP contribution < -0.4 is 0 Å². The highest BCUT2D eigenvalue weighted by Crippen LogP contribution is 2.76. The Hall–Kier alpha value is -1.15. The highest BCUT2D eigenvalue weighted by atomic mass is 16.7. The number of hydrogen-bond donors (Lipinski definition) is 8. The highest BCUT2D eigenvalue weighted by Gasteiger charge is 2.72. The molecule has 4 saturated carbocycles. The maximum absolute atomic E-state index is 14.5. The standard InChI is InChI=1S/C37H60O11/c1-32(2)11-13-37(31(46)48-30-28(44)27(43)26(42)22(17-39)47-30)14-12-35(5)19(25(37)29(32)45)7-8-24-33(3)15-21(41)20(16-38)34(4,18-40)23(33)9-10-36(24,35)6/h7,20-30,38-45H,8-18H2,1-6H3. The Labute approximate surface area is 284 Å². The van der Waals surface area contributed by atoms with Gasteiger partial charge in [-0.3, -0.25) is 4.79 Å². The molecule has 1 saturated heterocycles. The first-order valence-electron chi connectivity index (χ1n) is 18.1. The molecule has 0 aromatic heterocycles. The minimum atomic E-state index is -1.72. The van der Waals surface area contributed by atoms with Crippen LogP contribution in [0.1, 0.15) is 92.9 Å². The third-order valence-corrected chi connectivity index (χ3v) is 15.9. The second-order valence-electron chi connectivity index (χ2n) is 18.2. The van der Waals surface area contributed by atoms with Crippen molar-refractivity contribution >= 4 is 5.97 Å². The van der Waals surface area contributed by atoms with Gasteiger partial charge in [0.2, 0.25) is 6.29 Å². The van der Waals surface area contributed by atoms with E-state index in [2.05, 4.69) is 26.8 Å². The molecule has 0 bridgehead atoms. The van der Waals surface area contributed by atoms with Gasteiger partial charge in [-0.25, -0.2) is 0 Å². The molecule has 274 valence electrons. The number of rotatable bonds is 5. The lowest BCUT2D eigenvalue weighted by Gasteiger charge is -2.72. The van der Waals surface area contributed by atoms with Crippen LogP contribution >= 0.6 is 0 Å². The molecule has 0 radical (unpaired) electrons. The van der Waals surface area contributed by atoms with Crippen LogP contribution in [0.15, 0.2) is 11.6 Å². The van der Waals surface area contributed by atoms with E-state index in [0.29, 0.717) is 38.5 Å². The topological polar surface area (TPSA) is 197 Å². The molecule has 5 fully saturated rings. The maximum atomic E-state index is 14.5. The van der Waals surface area contributed by atoms with Crippen LogP contribution in [-0.4, -0.2) is 110 Å². The largest absolute Gasteiger partial charge is 0.432 e. The summed E-state index contributed by atoms with van der Waals surface area (Å²) in [7, 11) is 0. The van der Waals surface area contributed by atoms with E-state index in [4.69, 9.17) is 9.47 Å². The third kappa shape index (κ3) is 4.74. The number of aliphatic hydroxyl groups excluding tert-OH is 8. The van der Waals surface area contributed by atoms with Gasteiger partial charge in [0, 0.05) is 30.5 Å². The summed E-state index contributed by atoms with van der Waals surface area (Å²) in [5.41, 5.74) is -2.16. The summed E-state index contributed by atoms with van der Waals surface area (Å²) in [6, 6.07) is 0. The molecular formula is C37H60O11. The van der Waals surface area contributed by atoms with Crippen molar-refractivity contribution in [2.24, 2.45) is 56.2 Å². The van der Waals surface area contributed by atoms with Crippen LogP contribution in [0.25, 0.3) is 0 Å². The molecule has 16 atom stereocenters. The molecule has 0 spiro atoms. The van der Waals surface area contributed by atoms with E-state index in [1.165, 1.54) is 0 Å². The number of ether oxygens (including phenoxy) is 2. The normalized spacial score (nSPS) is 54.5. The summed E-state index contributed by atoms with van der Waals surface area (Å²) in [6.07, 6.45) is -2.13. The zero-order chi connectivity index (χ0) is 35.4. The van der Waals surface area contributed by atoms with Gasteiger partial charge in [0.1, 0.15) is 24.4 Å². The van der Waals surface area contributed by atoms with Crippen LogP contribution in [0.2, 0.25) is 0 Å². The minimum absolute atomic E-state index is 0.0996. The maximum Gasteiger partial charge on any atom is 0.315 e. The van der Waals surface area contributed by atoms with E-state index >= 15 is 0 Å². The minimum Gasteiger partial charge on any atom is -0.432 e. The van der Waals surface area contributed by atoms with Crippen molar-refractivity contribution in [2.45, 2.75) is 136 Å². The number of carbonyl (C=O) groups is 1. The molecular weight excluding hydrogens is 620 g/mol. The van der Waals surface area contributed by atoms with Gasteiger partial charge in [-0.2, -0.15) is 0 Å². The van der Waals surface area contributed by atoms with Crippen molar-refractivity contribution in [3.05, 3.63) is 11.6 Å². The Kier molecular flexibility index (Phi) is 9.12. The van der Waals surface area contributed by atoms with Crippen molar-refractivity contribution < 1.29 is 55.1 Å². The van der Waals surface area contributed by atoms with Gasteiger partial charge in [-0.15, -0.1) is 0 Å². The SMILES string of the molecule is CC1(C)CCC2(C(=O)OC3OC(CO)C(O)C(O)C3O)CCC3(C)C(=CCC4C5(C)CC(O)C(CO)C(C)(CO)C5CCC43C)C2C1O. The summed E-state index contributed by atoms with van der Waals surface area (Å²) >= 11 is 0. The molecule has 16 unspecified atom stereocenters. The molecule has 5 aliphatic carbocycles. The van der Waals surface area contributed by atoms with E-state index < -0.39 is 89.0 Å². The number of esters is 1. The van der Waals surface area contributed by atoms with Gasteiger partial charge in [-0.1, -0.05) is 53.2 Å². The zero-order valence-electron chi connectivity index (χ0n) is 29.5. The summed E-state index contributed by atoms with van der Waals surface area (Å²) in [4.78, 5) is 14.5. The molecule has 0 aromatic rings. The van der Waals surface area contributed by atoms with Gasteiger partial charge >= 0.3 is 5.97 Å². The average Bonchev–Trinajstić information content (AvgIpc) is 3.03. The van der Waals surface area contributed by atoms with Crippen LogP contribution in [0, 0.1) is 56.2 Å². The Morgan fingerprint density at radius 2 is 1.52 bits per heavy atom. The van der Waals surface area contributed by atoms with Gasteiger partial charge in [0.25, 0.3) is 0 Å². The van der Waals surface area contributed by atoms with Crippen molar-refractivity contribution in [3.8, 4) is 0 Å². The first-order valence-corrected chi connectivity index (χ1v) is 18.1. The molecule has 11 heteroatoms. The molecule has 1 aliphatic heterocycles. The van der Waals surface area contributed by atoms with E-state index in [9.17, 15) is 45.6 Å². The van der Waals surface area contributed by atoms with Gasteiger partial charge in [-0.05, 0) is 84.9 Å². The summed E-state index contributed by atoms with van der Waals surface area (Å²) in [6.45, 7) is 12.0. The first-order chi connectivity index (χ1) is 22.3. The number of aliphatic hydroxyl groups is 8. The second kappa shape index (κ2) is 12.0. The second-order valence-corrected chi connectivity index (χ2v) is 18.2. The highest BCUT2D eigenvalue weighted by molar-refractivity contribution is 5.79. The molecule has 48 heavy (non-hydrogen) atoms. The van der Waals surface area contributed by atoms with Gasteiger partial charge in [0.05, 0.1) is 24.2 Å². The predicted molar refractivity (Wildman–Crippen MR) is 174 cm³/mol. The fourth-order valence-corrected chi connectivity index (χ4v) is 12.6. The lowest BCUT2D eigenvalue weighted by Crippen LogP contribution is -2.68. The molecule has 6 rings (SSSR count). The lowest BCUT2D eigenvalue weighted by molar-refractivity contribution is -0.298. The molecule has 11 nitrogen and oxygen atoms in total. The fraction of sp³-hybridized carbons (Fsp3) is 0.919. The lowest BCUT2D eigenvalue weighted by atomic mass is 9.32. The van der Waals surface area contributed by atoms with Gasteiger partial charge in [0.15, 0.2) is 0 Å². The quantitative estimate of drug-likeness (QED) is 0.155. The molecule has 0 aromatic carbocycles. The monoisotopic (exact) mass is 680 g/mol. The first kappa shape index (κ1) is 36.6. The molecule has 8 N–H and O–H groups in total. The smallest absolute Gasteiger partial charge is 0.315 e. The molecule has 6 aliphatic rings. The van der Waals surface area contributed by atoms with E-state index in [1.54, 1.807) is 0 Å². The summed E-state index contributed by atoms with van der Waals surface area (Å²) in [5, 5.41) is 85.7. The van der Waals surface area contributed by atoms with Crippen LogP contribution in [0.3, 0.4) is 0 Å². The van der Waals surface area contributed by atoms with E-state index in [1.807, 2.05) is 20.8 Å².